The standard InChI is InChI=1S/C18H19N3O3/c1-12-4-5-13(2)16(10-12)20-17(22)18(23)21-19-11-14-6-8-15(24-3)9-7-14/h4-11H,1-3H3,(H,20,22)(H,21,23). The second-order valence-electron chi connectivity index (χ2n) is 5.24. The molecular formula is C18H19N3O3. The van der Waals surface area contributed by atoms with Crippen LogP contribution in [0.3, 0.4) is 0 Å². The number of carbonyl (C=O) groups excluding carboxylic acids is 2. The molecule has 0 saturated carbocycles. The van der Waals surface area contributed by atoms with Crippen LogP contribution in [0.4, 0.5) is 5.69 Å². The number of carbonyl (C=O) groups is 2. The third-order valence-corrected chi connectivity index (χ3v) is 3.34. The molecule has 2 N–H and O–H groups in total. The molecule has 2 aromatic rings. The first-order chi connectivity index (χ1) is 11.5. The first-order valence-corrected chi connectivity index (χ1v) is 7.35. The van der Waals surface area contributed by atoms with Gasteiger partial charge in [-0.2, -0.15) is 5.10 Å². The molecule has 0 aliphatic rings. The molecule has 24 heavy (non-hydrogen) atoms. The summed E-state index contributed by atoms with van der Waals surface area (Å²) < 4.78 is 5.05. The summed E-state index contributed by atoms with van der Waals surface area (Å²) in [5.74, 6) is -0.875. The Morgan fingerprint density at radius 2 is 1.75 bits per heavy atom. The molecule has 0 bridgehead atoms. The van der Waals surface area contributed by atoms with Gasteiger partial charge in [-0.25, -0.2) is 5.43 Å². The molecule has 2 rings (SSSR count). The minimum Gasteiger partial charge on any atom is -0.497 e. The minimum atomic E-state index is -0.833. The molecule has 2 amide bonds. The van der Waals surface area contributed by atoms with E-state index >= 15 is 0 Å². The highest BCUT2D eigenvalue weighted by molar-refractivity contribution is 6.39. The van der Waals surface area contributed by atoms with Gasteiger partial charge in [0, 0.05) is 5.69 Å². The first-order valence-electron chi connectivity index (χ1n) is 7.35. The van der Waals surface area contributed by atoms with Crippen LogP contribution in [0.1, 0.15) is 16.7 Å². The number of aryl methyl sites for hydroxylation is 2. The van der Waals surface area contributed by atoms with Gasteiger partial charge in [-0.05, 0) is 60.9 Å². The van der Waals surface area contributed by atoms with E-state index in [1.807, 2.05) is 26.0 Å². The summed E-state index contributed by atoms with van der Waals surface area (Å²) in [5, 5.41) is 6.35. The number of nitrogens with one attached hydrogen (secondary N) is 2. The zero-order chi connectivity index (χ0) is 17.5. The Morgan fingerprint density at radius 3 is 2.42 bits per heavy atom. The number of rotatable bonds is 4. The molecule has 0 radical (unpaired) electrons. The van der Waals surface area contributed by atoms with E-state index in [9.17, 15) is 9.59 Å². The van der Waals surface area contributed by atoms with Crippen LogP contribution >= 0.6 is 0 Å². The topological polar surface area (TPSA) is 79.8 Å². The van der Waals surface area contributed by atoms with Crippen molar-refractivity contribution >= 4 is 23.7 Å². The summed E-state index contributed by atoms with van der Waals surface area (Å²) >= 11 is 0. The van der Waals surface area contributed by atoms with Gasteiger partial charge >= 0.3 is 11.8 Å². The normalized spacial score (nSPS) is 10.5. The number of hydrazone groups is 1. The predicted molar refractivity (Wildman–Crippen MR) is 93.3 cm³/mol. The summed E-state index contributed by atoms with van der Waals surface area (Å²) in [6.07, 6.45) is 1.45. The summed E-state index contributed by atoms with van der Waals surface area (Å²) in [6.45, 7) is 3.77. The highest BCUT2D eigenvalue weighted by Gasteiger charge is 2.13. The van der Waals surface area contributed by atoms with Gasteiger partial charge in [0.15, 0.2) is 0 Å². The summed E-state index contributed by atoms with van der Waals surface area (Å²) in [5.41, 5.74) is 5.45. The van der Waals surface area contributed by atoms with Gasteiger partial charge in [0.1, 0.15) is 5.75 Å². The van der Waals surface area contributed by atoms with Crippen molar-refractivity contribution < 1.29 is 14.3 Å². The average molecular weight is 325 g/mol. The van der Waals surface area contributed by atoms with Crippen molar-refractivity contribution in [3.8, 4) is 5.75 Å². The summed E-state index contributed by atoms with van der Waals surface area (Å²) in [7, 11) is 1.58. The lowest BCUT2D eigenvalue weighted by molar-refractivity contribution is -0.136. The lowest BCUT2D eigenvalue weighted by atomic mass is 10.1. The van der Waals surface area contributed by atoms with Crippen molar-refractivity contribution in [1.82, 2.24) is 5.43 Å². The van der Waals surface area contributed by atoms with Crippen LogP contribution in [0, 0.1) is 13.8 Å². The number of ether oxygens (including phenoxy) is 1. The lowest BCUT2D eigenvalue weighted by Crippen LogP contribution is -2.32. The maximum absolute atomic E-state index is 11.9. The second kappa shape index (κ2) is 7.92. The van der Waals surface area contributed by atoms with Gasteiger partial charge in [-0.15, -0.1) is 0 Å². The maximum Gasteiger partial charge on any atom is 0.329 e. The van der Waals surface area contributed by atoms with E-state index in [0.29, 0.717) is 5.69 Å². The van der Waals surface area contributed by atoms with E-state index in [1.54, 1.807) is 37.4 Å². The fourth-order valence-corrected chi connectivity index (χ4v) is 1.96. The lowest BCUT2D eigenvalue weighted by Gasteiger charge is -2.08. The molecule has 6 nitrogen and oxygen atoms in total. The van der Waals surface area contributed by atoms with Crippen LogP contribution < -0.4 is 15.5 Å². The van der Waals surface area contributed by atoms with Crippen LogP contribution in [-0.2, 0) is 9.59 Å². The van der Waals surface area contributed by atoms with E-state index in [0.717, 1.165) is 22.4 Å². The molecule has 124 valence electrons. The Kier molecular flexibility index (Phi) is 5.68. The molecule has 0 aliphatic carbocycles. The SMILES string of the molecule is COc1ccc(C=NNC(=O)C(=O)Nc2cc(C)ccc2C)cc1. The van der Waals surface area contributed by atoms with Crippen molar-refractivity contribution in [3.05, 3.63) is 59.2 Å². The number of nitrogens with zero attached hydrogens (tertiary/aromatic N) is 1. The van der Waals surface area contributed by atoms with Crippen LogP contribution in [-0.4, -0.2) is 25.1 Å². The predicted octanol–water partition coefficient (Wildman–Crippen LogP) is 2.40. The molecule has 6 heteroatoms. The van der Waals surface area contributed by atoms with E-state index in [1.165, 1.54) is 6.21 Å². The number of hydrogen-bond donors (Lipinski definition) is 2. The minimum absolute atomic E-state index is 0.606. The quantitative estimate of drug-likeness (QED) is 0.515. The van der Waals surface area contributed by atoms with Crippen molar-refractivity contribution in [2.24, 2.45) is 5.10 Å². The fraction of sp³-hybridized carbons (Fsp3) is 0.167. The van der Waals surface area contributed by atoms with Crippen molar-refractivity contribution in [2.45, 2.75) is 13.8 Å². The highest BCUT2D eigenvalue weighted by atomic mass is 16.5. The van der Waals surface area contributed by atoms with E-state index in [2.05, 4.69) is 15.8 Å². The smallest absolute Gasteiger partial charge is 0.329 e. The van der Waals surface area contributed by atoms with Crippen molar-refractivity contribution in [1.29, 1.82) is 0 Å². The first kappa shape index (κ1) is 17.2. The van der Waals surface area contributed by atoms with Gasteiger partial charge in [0.05, 0.1) is 13.3 Å². The van der Waals surface area contributed by atoms with Crippen molar-refractivity contribution in [3.63, 3.8) is 0 Å². The van der Waals surface area contributed by atoms with E-state index < -0.39 is 11.8 Å². The Balaban J connectivity index is 1.92. The van der Waals surface area contributed by atoms with Crippen LogP contribution in [0.2, 0.25) is 0 Å². The molecule has 0 heterocycles. The molecule has 0 spiro atoms. The number of hydrogen-bond acceptors (Lipinski definition) is 4. The zero-order valence-electron chi connectivity index (χ0n) is 13.8. The monoisotopic (exact) mass is 325 g/mol. The third kappa shape index (κ3) is 4.67. The van der Waals surface area contributed by atoms with Gasteiger partial charge in [-0.3, -0.25) is 9.59 Å². The van der Waals surface area contributed by atoms with Gasteiger partial charge in [0.25, 0.3) is 0 Å². The zero-order valence-corrected chi connectivity index (χ0v) is 13.8. The fourth-order valence-electron chi connectivity index (χ4n) is 1.96. The molecule has 2 aromatic carbocycles. The summed E-state index contributed by atoms with van der Waals surface area (Å²) in [4.78, 5) is 23.7. The van der Waals surface area contributed by atoms with Crippen LogP contribution in [0.15, 0.2) is 47.6 Å². The highest BCUT2D eigenvalue weighted by Crippen LogP contribution is 2.16. The maximum atomic E-state index is 11.9. The summed E-state index contributed by atoms with van der Waals surface area (Å²) in [6, 6.07) is 12.7. The number of methoxy groups -OCH3 is 1. The molecular weight excluding hydrogens is 306 g/mol. The third-order valence-electron chi connectivity index (χ3n) is 3.34. The van der Waals surface area contributed by atoms with Crippen LogP contribution in [0.25, 0.3) is 0 Å². The van der Waals surface area contributed by atoms with E-state index in [-0.39, 0.29) is 0 Å². The molecule has 0 atom stereocenters. The Hall–Kier alpha value is -3.15. The number of amides is 2. The Morgan fingerprint density at radius 1 is 1.04 bits per heavy atom. The van der Waals surface area contributed by atoms with Gasteiger partial charge in [-0.1, -0.05) is 12.1 Å². The van der Waals surface area contributed by atoms with Crippen LogP contribution in [0.5, 0.6) is 5.75 Å². The molecule has 0 saturated heterocycles. The van der Waals surface area contributed by atoms with Crippen molar-refractivity contribution in [2.75, 3.05) is 12.4 Å². The van der Waals surface area contributed by atoms with E-state index in [4.69, 9.17) is 4.74 Å². The molecule has 0 fully saturated rings. The molecule has 0 aromatic heterocycles. The molecule has 0 unspecified atom stereocenters. The number of benzene rings is 2. The Labute approximate surface area is 140 Å². The molecule has 0 aliphatic heterocycles. The largest absolute Gasteiger partial charge is 0.497 e. The van der Waals surface area contributed by atoms with Gasteiger partial charge < -0.3 is 10.1 Å². The number of anilines is 1. The Bertz CT molecular complexity index is 768. The van der Waals surface area contributed by atoms with Gasteiger partial charge in [0.2, 0.25) is 0 Å². The average Bonchev–Trinajstić information content (AvgIpc) is 2.58. The second-order valence-corrected chi connectivity index (χ2v) is 5.24.